The van der Waals surface area contributed by atoms with Crippen LogP contribution in [0.2, 0.25) is 0 Å². The molecule has 0 saturated heterocycles. The topological polar surface area (TPSA) is 45.0 Å². The van der Waals surface area contributed by atoms with Gasteiger partial charge < -0.3 is 4.74 Å². The van der Waals surface area contributed by atoms with Crippen LogP contribution in [-0.2, 0) is 6.42 Å². The predicted octanol–water partition coefficient (Wildman–Crippen LogP) is 3.05. The Morgan fingerprint density at radius 1 is 1.42 bits per heavy atom. The van der Waals surface area contributed by atoms with Crippen molar-refractivity contribution in [3.05, 3.63) is 29.8 Å². The molecule has 0 bridgehead atoms. The number of para-hydroxylation sites is 1. The Morgan fingerprint density at radius 2 is 2.21 bits per heavy atom. The average Bonchev–Trinajstić information content (AvgIpc) is 2.84. The summed E-state index contributed by atoms with van der Waals surface area (Å²) in [6, 6.07) is 10.6. The minimum Gasteiger partial charge on any atom is -0.490 e. The van der Waals surface area contributed by atoms with Crippen molar-refractivity contribution < 1.29 is 4.74 Å². The van der Waals surface area contributed by atoms with Crippen molar-refractivity contribution in [1.29, 1.82) is 5.26 Å². The van der Waals surface area contributed by atoms with Gasteiger partial charge in [0.05, 0.1) is 6.07 Å². The van der Waals surface area contributed by atoms with E-state index in [0.717, 1.165) is 38.0 Å². The van der Waals surface area contributed by atoms with Crippen molar-refractivity contribution >= 4 is 0 Å². The number of ether oxygens (including phenoxy) is 1. The first-order valence-corrected chi connectivity index (χ1v) is 7.14. The highest BCUT2D eigenvalue weighted by molar-refractivity contribution is 5.33. The Morgan fingerprint density at radius 3 is 2.89 bits per heavy atom. The monoisotopic (exact) mass is 258 g/mol. The molecule has 1 saturated carbocycles. The molecule has 0 radical (unpaired) electrons. The molecule has 3 heteroatoms. The lowest BCUT2D eigenvalue weighted by atomic mass is 10.00. The maximum absolute atomic E-state index is 9.36. The van der Waals surface area contributed by atoms with E-state index in [9.17, 15) is 5.26 Å². The second-order valence-corrected chi connectivity index (χ2v) is 5.17. The average molecular weight is 258 g/mol. The van der Waals surface area contributed by atoms with Crippen molar-refractivity contribution in [2.75, 3.05) is 6.54 Å². The standard InChI is InChI=1S/C16H22N2O/c1-3-13-7-5-6-8-15(13)19-14-9-10-16(11-14,12-17)18-4-2/h5-8,14,18H,3-4,9-11H2,1-2H3. The zero-order valence-electron chi connectivity index (χ0n) is 11.8. The summed E-state index contributed by atoms with van der Waals surface area (Å²) in [7, 11) is 0. The Balaban J connectivity index is 2.04. The second kappa shape index (κ2) is 6.08. The molecule has 0 aliphatic heterocycles. The zero-order valence-corrected chi connectivity index (χ0v) is 11.8. The minimum absolute atomic E-state index is 0.145. The molecule has 3 nitrogen and oxygen atoms in total. The summed E-state index contributed by atoms with van der Waals surface area (Å²) in [5.74, 6) is 0.972. The summed E-state index contributed by atoms with van der Waals surface area (Å²) in [6.07, 6.45) is 3.70. The Kier molecular flexibility index (Phi) is 4.44. The lowest BCUT2D eigenvalue weighted by molar-refractivity contribution is 0.199. The summed E-state index contributed by atoms with van der Waals surface area (Å²) in [5, 5.41) is 12.7. The molecule has 1 aliphatic rings. The molecular weight excluding hydrogens is 236 g/mol. The number of nitrogens with one attached hydrogen (secondary N) is 1. The first kappa shape index (κ1) is 13.9. The highest BCUT2D eigenvalue weighted by atomic mass is 16.5. The van der Waals surface area contributed by atoms with Crippen LogP contribution < -0.4 is 10.1 Å². The fourth-order valence-corrected chi connectivity index (χ4v) is 2.83. The largest absolute Gasteiger partial charge is 0.490 e. The molecule has 2 rings (SSSR count). The van der Waals surface area contributed by atoms with Gasteiger partial charge in [-0.1, -0.05) is 32.0 Å². The molecule has 19 heavy (non-hydrogen) atoms. The Labute approximate surface area is 115 Å². The second-order valence-electron chi connectivity index (χ2n) is 5.17. The number of nitriles is 1. The van der Waals surface area contributed by atoms with Crippen LogP contribution >= 0.6 is 0 Å². The van der Waals surface area contributed by atoms with Crippen molar-refractivity contribution in [3.63, 3.8) is 0 Å². The van der Waals surface area contributed by atoms with E-state index in [4.69, 9.17) is 4.74 Å². The smallest absolute Gasteiger partial charge is 0.122 e. The Hall–Kier alpha value is -1.53. The number of hydrogen-bond donors (Lipinski definition) is 1. The lowest BCUT2D eigenvalue weighted by Gasteiger charge is -2.22. The van der Waals surface area contributed by atoms with Crippen molar-refractivity contribution in [1.82, 2.24) is 5.32 Å². The van der Waals surface area contributed by atoms with Crippen LogP contribution in [0.25, 0.3) is 0 Å². The molecule has 2 atom stereocenters. The third-order valence-corrected chi connectivity index (χ3v) is 3.85. The van der Waals surface area contributed by atoms with Crippen LogP contribution in [0.15, 0.2) is 24.3 Å². The Bertz CT molecular complexity index is 466. The van der Waals surface area contributed by atoms with Crippen molar-refractivity contribution in [2.45, 2.75) is 51.2 Å². The molecule has 0 heterocycles. The third-order valence-electron chi connectivity index (χ3n) is 3.85. The molecule has 0 aromatic heterocycles. The molecule has 0 spiro atoms. The van der Waals surface area contributed by atoms with E-state index >= 15 is 0 Å². The molecule has 1 aliphatic carbocycles. The lowest BCUT2D eigenvalue weighted by Crippen LogP contribution is -2.42. The number of benzene rings is 1. The van der Waals surface area contributed by atoms with E-state index < -0.39 is 0 Å². The van der Waals surface area contributed by atoms with Gasteiger partial charge in [0.2, 0.25) is 0 Å². The number of rotatable bonds is 5. The molecule has 0 amide bonds. The van der Waals surface area contributed by atoms with Crippen LogP contribution in [0.5, 0.6) is 5.75 Å². The maximum atomic E-state index is 9.36. The molecule has 1 aromatic rings. The SMILES string of the molecule is CCNC1(C#N)CCC(Oc2ccccc2CC)C1. The highest BCUT2D eigenvalue weighted by Crippen LogP contribution is 2.33. The summed E-state index contributed by atoms with van der Waals surface area (Å²) in [5.41, 5.74) is 0.848. The van der Waals surface area contributed by atoms with Gasteiger partial charge in [-0.3, -0.25) is 5.32 Å². The number of aryl methyl sites for hydroxylation is 1. The summed E-state index contributed by atoms with van der Waals surface area (Å²) in [6.45, 7) is 5.00. The van der Waals surface area contributed by atoms with E-state index in [1.54, 1.807) is 0 Å². The van der Waals surface area contributed by atoms with Crippen LogP contribution in [0.4, 0.5) is 0 Å². The van der Waals surface area contributed by atoms with E-state index in [2.05, 4.69) is 24.4 Å². The van der Waals surface area contributed by atoms with Gasteiger partial charge in [-0.15, -0.1) is 0 Å². The molecule has 1 aromatic carbocycles. The molecule has 1 N–H and O–H groups in total. The van der Waals surface area contributed by atoms with E-state index in [0.29, 0.717) is 0 Å². The van der Waals surface area contributed by atoms with Gasteiger partial charge in [0.25, 0.3) is 0 Å². The fourth-order valence-electron chi connectivity index (χ4n) is 2.83. The van der Waals surface area contributed by atoms with Crippen molar-refractivity contribution in [2.24, 2.45) is 0 Å². The summed E-state index contributed by atoms with van der Waals surface area (Å²) >= 11 is 0. The van der Waals surface area contributed by atoms with Crippen LogP contribution in [0.3, 0.4) is 0 Å². The van der Waals surface area contributed by atoms with E-state index in [1.165, 1.54) is 5.56 Å². The first-order chi connectivity index (χ1) is 9.23. The molecular formula is C16H22N2O. The summed E-state index contributed by atoms with van der Waals surface area (Å²) in [4.78, 5) is 0. The number of hydrogen-bond acceptors (Lipinski definition) is 3. The first-order valence-electron chi connectivity index (χ1n) is 7.14. The van der Waals surface area contributed by atoms with Crippen molar-refractivity contribution in [3.8, 4) is 11.8 Å². The molecule has 1 fully saturated rings. The van der Waals surface area contributed by atoms with Gasteiger partial charge >= 0.3 is 0 Å². The van der Waals surface area contributed by atoms with Gasteiger partial charge in [0.1, 0.15) is 17.4 Å². The predicted molar refractivity (Wildman–Crippen MR) is 76.1 cm³/mol. The highest BCUT2D eigenvalue weighted by Gasteiger charge is 2.40. The van der Waals surface area contributed by atoms with Crippen LogP contribution in [0, 0.1) is 11.3 Å². The van der Waals surface area contributed by atoms with Crippen LogP contribution in [0.1, 0.15) is 38.7 Å². The molecule has 2 unspecified atom stereocenters. The molecule has 102 valence electrons. The normalized spacial score (nSPS) is 26.1. The fraction of sp³-hybridized carbons (Fsp3) is 0.562. The van der Waals surface area contributed by atoms with E-state index in [-0.39, 0.29) is 11.6 Å². The van der Waals surface area contributed by atoms with Gasteiger partial charge in [0, 0.05) is 6.42 Å². The van der Waals surface area contributed by atoms with Crippen LogP contribution in [-0.4, -0.2) is 18.2 Å². The quantitative estimate of drug-likeness (QED) is 0.883. The van der Waals surface area contributed by atoms with Gasteiger partial charge in [0.15, 0.2) is 0 Å². The van der Waals surface area contributed by atoms with Gasteiger partial charge in [-0.2, -0.15) is 5.26 Å². The maximum Gasteiger partial charge on any atom is 0.122 e. The summed E-state index contributed by atoms with van der Waals surface area (Å²) < 4.78 is 6.11. The minimum atomic E-state index is -0.388. The zero-order chi connectivity index (χ0) is 13.7. The number of nitrogens with zero attached hydrogens (tertiary/aromatic N) is 1. The van der Waals surface area contributed by atoms with E-state index in [1.807, 2.05) is 25.1 Å². The van der Waals surface area contributed by atoms with Gasteiger partial charge in [-0.25, -0.2) is 0 Å². The third kappa shape index (κ3) is 3.08. The van der Waals surface area contributed by atoms with Gasteiger partial charge in [-0.05, 0) is 37.4 Å².